The molecule has 2 aliphatic heterocycles. The number of carboxylic acids is 1. The Labute approximate surface area is 122 Å². The molecule has 2 aliphatic rings. The first-order chi connectivity index (χ1) is 10.1. The number of aromatic carboxylic acids is 1. The number of hydrogen-bond donors (Lipinski definition) is 1. The molecule has 3 rings (SSSR count). The zero-order chi connectivity index (χ0) is 14.8. The fourth-order valence-corrected chi connectivity index (χ4v) is 3.15. The molecule has 0 saturated carbocycles. The van der Waals surface area contributed by atoms with E-state index in [-0.39, 0.29) is 17.4 Å². The number of carbonyl (C=O) groups excluding carboxylic acids is 1. The summed E-state index contributed by atoms with van der Waals surface area (Å²) < 4.78 is 4.64. The summed E-state index contributed by atoms with van der Waals surface area (Å²) in [4.78, 5) is 27.3. The maximum Gasteiger partial charge on any atom is 0.374 e. The molecule has 114 valence electrons. The second kappa shape index (κ2) is 5.85. The van der Waals surface area contributed by atoms with Gasteiger partial charge in [0.1, 0.15) is 0 Å². The van der Waals surface area contributed by atoms with Crippen LogP contribution in [0.2, 0.25) is 0 Å². The lowest BCUT2D eigenvalue weighted by atomic mass is 10.1. The van der Waals surface area contributed by atoms with E-state index in [4.69, 9.17) is 5.11 Å². The maximum atomic E-state index is 12.3. The van der Waals surface area contributed by atoms with E-state index in [9.17, 15) is 9.59 Å². The highest BCUT2D eigenvalue weighted by molar-refractivity contribution is 5.95. The van der Waals surface area contributed by atoms with Gasteiger partial charge in [0.15, 0.2) is 5.69 Å². The molecule has 0 radical (unpaired) electrons. The van der Waals surface area contributed by atoms with E-state index < -0.39 is 5.97 Å². The van der Waals surface area contributed by atoms with Gasteiger partial charge in [-0.05, 0) is 32.4 Å². The summed E-state index contributed by atoms with van der Waals surface area (Å²) in [6.07, 6.45) is 4.73. The van der Waals surface area contributed by atoms with Crippen LogP contribution < -0.4 is 0 Å². The van der Waals surface area contributed by atoms with E-state index in [1.54, 1.807) is 4.90 Å². The lowest BCUT2D eigenvalue weighted by Crippen LogP contribution is -2.41. The van der Waals surface area contributed by atoms with Gasteiger partial charge in [-0.3, -0.25) is 9.69 Å². The molecule has 0 spiro atoms. The van der Waals surface area contributed by atoms with Crippen LogP contribution in [0.15, 0.2) is 10.6 Å². The monoisotopic (exact) mass is 293 g/mol. The summed E-state index contributed by atoms with van der Waals surface area (Å²) in [6.45, 7) is 3.60. The molecule has 1 aromatic heterocycles. The summed E-state index contributed by atoms with van der Waals surface area (Å²) in [5.41, 5.74) is 0.0756. The van der Waals surface area contributed by atoms with Gasteiger partial charge in [0.05, 0.1) is 0 Å². The molecular formula is C14H19N3O4. The van der Waals surface area contributed by atoms with Crippen molar-refractivity contribution in [1.29, 1.82) is 0 Å². The van der Waals surface area contributed by atoms with E-state index in [1.807, 2.05) is 0 Å². The smallest absolute Gasteiger partial charge is 0.374 e. The summed E-state index contributed by atoms with van der Waals surface area (Å²) in [6, 6.07) is 1.61. The van der Waals surface area contributed by atoms with Crippen molar-refractivity contribution >= 4 is 11.9 Å². The third kappa shape index (κ3) is 2.92. The Hall–Kier alpha value is -1.89. The first-order valence-electron chi connectivity index (χ1n) is 7.38. The van der Waals surface area contributed by atoms with Gasteiger partial charge in [0, 0.05) is 25.2 Å². The van der Waals surface area contributed by atoms with Crippen LogP contribution >= 0.6 is 0 Å². The maximum absolute atomic E-state index is 12.3. The molecule has 7 nitrogen and oxygen atoms in total. The average Bonchev–Trinajstić information content (AvgIpc) is 3.17. The molecule has 1 atom stereocenters. The molecule has 1 unspecified atom stereocenters. The van der Waals surface area contributed by atoms with Gasteiger partial charge in [0.25, 0.3) is 5.91 Å². The molecule has 3 heterocycles. The van der Waals surface area contributed by atoms with Crippen molar-refractivity contribution < 1.29 is 19.2 Å². The normalized spacial score (nSPS) is 23.4. The highest BCUT2D eigenvalue weighted by atomic mass is 16.5. The highest BCUT2D eigenvalue weighted by Gasteiger charge is 2.32. The van der Waals surface area contributed by atoms with Crippen LogP contribution in [-0.4, -0.2) is 64.2 Å². The van der Waals surface area contributed by atoms with E-state index in [0.29, 0.717) is 19.1 Å². The number of carbonyl (C=O) groups is 2. The zero-order valence-corrected chi connectivity index (χ0v) is 11.8. The first-order valence-corrected chi connectivity index (χ1v) is 7.38. The molecule has 1 aromatic rings. The number of aromatic nitrogens is 1. The van der Waals surface area contributed by atoms with Gasteiger partial charge in [-0.15, -0.1) is 0 Å². The Balaban J connectivity index is 1.62. The second-order valence-corrected chi connectivity index (χ2v) is 5.67. The third-order valence-electron chi connectivity index (χ3n) is 4.30. The summed E-state index contributed by atoms with van der Waals surface area (Å²) in [7, 11) is 0. The predicted octanol–water partition coefficient (Wildman–Crippen LogP) is 1.07. The Morgan fingerprint density at radius 2 is 2.00 bits per heavy atom. The van der Waals surface area contributed by atoms with E-state index in [2.05, 4.69) is 14.6 Å². The minimum absolute atomic E-state index is 0.0756. The first kappa shape index (κ1) is 14.1. The molecule has 2 saturated heterocycles. The van der Waals surface area contributed by atoms with Crippen LogP contribution in [0.1, 0.15) is 46.7 Å². The lowest BCUT2D eigenvalue weighted by molar-refractivity contribution is 0.0649. The van der Waals surface area contributed by atoms with Crippen molar-refractivity contribution in [2.75, 3.05) is 26.2 Å². The Morgan fingerprint density at radius 1 is 1.24 bits per heavy atom. The summed E-state index contributed by atoms with van der Waals surface area (Å²) in [5.74, 6) is -1.76. The van der Waals surface area contributed by atoms with Crippen molar-refractivity contribution in [3.05, 3.63) is 17.5 Å². The van der Waals surface area contributed by atoms with E-state index in [0.717, 1.165) is 19.5 Å². The highest BCUT2D eigenvalue weighted by Crippen LogP contribution is 2.21. The molecule has 7 heteroatoms. The standard InChI is InChI=1S/C14H19N3O4/c18-13(11-8-12(14(19)20)21-15-11)17-7-4-10(9-17)16-5-2-1-3-6-16/h8,10H,1-7,9H2,(H,19,20). The second-order valence-electron chi connectivity index (χ2n) is 5.67. The molecule has 1 amide bonds. The van der Waals surface area contributed by atoms with Crippen LogP contribution in [0.5, 0.6) is 0 Å². The van der Waals surface area contributed by atoms with Crippen molar-refractivity contribution in [3.63, 3.8) is 0 Å². The topological polar surface area (TPSA) is 86.9 Å². The molecule has 0 aromatic carbocycles. The number of hydrogen-bond acceptors (Lipinski definition) is 5. The van der Waals surface area contributed by atoms with Crippen LogP contribution in [0.25, 0.3) is 0 Å². The van der Waals surface area contributed by atoms with Crippen molar-refractivity contribution in [2.24, 2.45) is 0 Å². The summed E-state index contributed by atoms with van der Waals surface area (Å²) in [5, 5.41) is 12.4. The fourth-order valence-electron chi connectivity index (χ4n) is 3.15. The quantitative estimate of drug-likeness (QED) is 0.897. The van der Waals surface area contributed by atoms with Gasteiger partial charge in [-0.25, -0.2) is 4.79 Å². The van der Waals surface area contributed by atoms with E-state index >= 15 is 0 Å². The van der Waals surface area contributed by atoms with Crippen molar-refractivity contribution in [3.8, 4) is 0 Å². The number of likely N-dealkylation sites (tertiary alicyclic amines) is 2. The van der Waals surface area contributed by atoms with Gasteiger partial charge >= 0.3 is 5.97 Å². The predicted molar refractivity (Wildman–Crippen MR) is 73.2 cm³/mol. The van der Waals surface area contributed by atoms with Crippen LogP contribution in [0, 0.1) is 0 Å². The largest absolute Gasteiger partial charge is 0.475 e. The van der Waals surface area contributed by atoms with Crippen LogP contribution in [-0.2, 0) is 0 Å². The van der Waals surface area contributed by atoms with Gasteiger partial charge in [-0.2, -0.15) is 0 Å². The van der Waals surface area contributed by atoms with Crippen molar-refractivity contribution in [2.45, 2.75) is 31.7 Å². The number of nitrogens with zero attached hydrogens (tertiary/aromatic N) is 3. The van der Waals surface area contributed by atoms with Gasteiger partial charge in [-0.1, -0.05) is 11.6 Å². The lowest BCUT2D eigenvalue weighted by Gasteiger charge is -2.32. The SMILES string of the molecule is O=C(O)c1cc(C(=O)N2CCC(N3CCCCC3)C2)no1. The number of rotatable bonds is 3. The zero-order valence-electron chi connectivity index (χ0n) is 11.8. The molecule has 21 heavy (non-hydrogen) atoms. The molecular weight excluding hydrogens is 274 g/mol. The van der Waals surface area contributed by atoms with Crippen LogP contribution in [0.3, 0.4) is 0 Å². The number of piperidine rings is 1. The number of carboxylic acid groups (broad SMARTS) is 1. The van der Waals surface area contributed by atoms with Gasteiger partial charge in [0.2, 0.25) is 5.76 Å². The molecule has 0 aliphatic carbocycles. The molecule has 1 N–H and O–H groups in total. The Bertz CT molecular complexity index is 536. The van der Waals surface area contributed by atoms with E-state index in [1.165, 1.54) is 25.3 Å². The number of amides is 1. The minimum atomic E-state index is -1.21. The Morgan fingerprint density at radius 3 is 2.67 bits per heavy atom. The summed E-state index contributed by atoms with van der Waals surface area (Å²) >= 11 is 0. The Kier molecular flexibility index (Phi) is 3.92. The minimum Gasteiger partial charge on any atom is -0.475 e. The molecule has 2 fully saturated rings. The van der Waals surface area contributed by atoms with Crippen molar-refractivity contribution in [1.82, 2.24) is 15.0 Å². The fraction of sp³-hybridized carbons (Fsp3) is 0.643. The third-order valence-corrected chi connectivity index (χ3v) is 4.30. The molecule has 0 bridgehead atoms. The average molecular weight is 293 g/mol. The van der Waals surface area contributed by atoms with Crippen LogP contribution in [0.4, 0.5) is 0 Å². The van der Waals surface area contributed by atoms with Gasteiger partial charge < -0.3 is 14.5 Å².